The SMILES string of the molecule is O=CNc1ccccc1/C=N/NCCO. The lowest BCUT2D eigenvalue weighted by Gasteiger charge is -2.02. The monoisotopic (exact) mass is 207 g/mol. The van der Waals surface area contributed by atoms with Crippen LogP contribution in [0.25, 0.3) is 0 Å². The van der Waals surface area contributed by atoms with E-state index in [-0.39, 0.29) is 6.61 Å². The van der Waals surface area contributed by atoms with Gasteiger partial charge in [-0.1, -0.05) is 18.2 Å². The molecule has 1 rings (SSSR count). The van der Waals surface area contributed by atoms with Crippen molar-refractivity contribution in [1.82, 2.24) is 5.43 Å². The number of anilines is 1. The number of hydrazone groups is 1. The second-order valence-corrected chi connectivity index (χ2v) is 2.74. The van der Waals surface area contributed by atoms with Gasteiger partial charge in [0.25, 0.3) is 0 Å². The molecule has 0 spiro atoms. The lowest BCUT2D eigenvalue weighted by molar-refractivity contribution is -0.105. The number of aliphatic hydroxyl groups is 1. The number of hydrogen-bond donors (Lipinski definition) is 3. The van der Waals surface area contributed by atoms with Crippen LogP contribution in [0, 0.1) is 0 Å². The fraction of sp³-hybridized carbons (Fsp3) is 0.200. The molecule has 0 aliphatic heterocycles. The van der Waals surface area contributed by atoms with Crippen molar-refractivity contribution in [2.45, 2.75) is 0 Å². The number of para-hydroxylation sites is 1. The summed E-state index contributed by atoms with van der Waals surface area (Å²) in [5.41, 5.74) is 4.15. The Morgan fingerprint density at radius 1 is 1.40 bits per heavy atom. The van der Waals surface area contributed by atoms with Gasteiger partial charge in [0.05, 0.1) is 19.4 Å². The van der Waals surface area contributed by atoms with Gasteiger partial charge >= 0.3 is 0 Å². The highest BCUT2D eigenvalue weighted by Gasteiger charge is 1.96. The maximum Gasteiger partial charge on any atom is 0.211 e. The zero-order chi connectivity index (χ0) is 10.9. The first-order valence-electron chi connectivity index (χ1n) is 4.54. The van der Waals surface area contributed by atoms with Gasteiger partial charge in [-0.25, -0.2) is 0 Å². The second kappa shape index (κ2) is 6.56. The molecule has 0 aliphatic carbocycles. The molecule has 0 unspecified atom stereocenters. The van der Waals surface area contributed by atoms with Gasteiger partial charge in [0.1, 0.15) is 0 Å². The Balaban J connectivity index is 2.66. The van der Waals surface area contributed by atoms with E-state index in [9.17, 15) is 4.79 Å². The zero-order valence-corrected chi connectivity index (χ0v) is 8.18. The fourth-order valence-electron chi connectivity index (χ4n) is 1.03. The van der Waals surface area contributed by atoms with E-state index in [1.807, 2.05) is 18.2 Å². The molecule has 0 atom stereocenters. The molecular weight excluding hydrogens is 194 g/mol. The first kappa shape index (κ1) is 11.2. The minimum Gasteiger partial charge on any atom is -0.394 e. The normalized spacial score (nSPS) is 10.2. The van der Waals surface area contributed by atoms with Gasteiger partial charge in [0.2, 0.25) is 6.41 Å². The van der Waals surface area contributed by atoms with Gasteiger partial charge < -0.3 is 15.8 Å². The van der Waals surface area contributed by atoms with Gasteiger partial charge in [-0.3, -0.25) is 4.79 Å². The number of nitrogens with zero attached hydrogens (tertiary/aromatic N) is 1. The number of amides is 1. The van der Waals surface area contributed by atoms with Crippen LogP contribution in [-0.4, -0.2) is 30.9 Å². The van der Waals surface area contributed by atoms with Gasteiger partial charge in [-0.15, -0.1) is 0 Å². The molecule has 0 bridgehead atoms. The Labute approximate surface area is 87.8 Å². The van der Waals surface area contributed by atoms with Crippen LogP contribution in [0.3, 0.4) is 0 Å². The van der Waals surface area contributed by atoms with Crippen LogP contribution in [0.2, 0.25) is 0 Å². The van der Waals surface area contributed by atoms with Crippen molar-refractivity contribution in [1.29, 1.82) is 0 Å². The molecule has 5 nitrogen and oxygen atoms in total. The molecule has 0 saturated heterocycles. The Hall–Kier alpha value is -1.88. The zero-order valence-electron chi connectivity index (χ0n) is 8.18. The summed E-state index contributed by atoms with van der Waals surface area (Å²) in [6.07, 6.45) is 2.20. The van der Waals surface area contributed by atoms with Crippen LogP contribution < -0.4 is 10.7 Å². The van der Waals surface area contributed by atoms with Crippen LogP contribution in [0.15, 0.2) is 29.4 Å². The lowest BCUT2D eigenvalue weighted by atomic mass is 10.2. The Morgan fingerprint density at radius 2 is 2.20 bits per heavy atom. The number of rotatable bonds is 6. The lowest BCUT2D eigenvalue weighted by Crippen LogP contribution is -2.11. The molecule has 80 valence electrons. The third kappa shape index (κ3) is 3.78. The maximum absolute atomic E-state index is 10.3. The van der Waals surface area contributed by atoms with E-state index in [4.69, 9.17) is 5.11 Å². The summed E-state index contributed by atoms with van der Waals surface area (Å²) in [7, 11) is 0. The van der Waals surface area contributed by atoms with Crippen molar-refractivity contribution in [3.63, 3.8) is 0 Å². The van der Waals surface area contributed by atoms with Crippen molar-refractivity contribution in [3.05, 3.63) is 29.8 Å². The van der Waals surface area contributed by atoms with Crippen LogP contribution in [0.4, 0.5) is 5.69 Å². The molecule has 5 heteroatoms. The smallest absolute Gasteiger partial charge is 0.211 e. The van der Waals surface area contributed by atoms with Crippen molar-refractivity contribution >= 4 is 18.3 Å². The van der Waals surface area contributed by atoms with Gasteiger partial charge in [0, 0.05) is 11.3 Å². The van der Waals surface area contributed by atoms with Crippen molar-refractivity contribution < 1.29 is 9.90 Å². The van der Waals surface area contributed by atoms with Crippen molar-refractivity contribution in [2.75, 3.05) is 18.5 Å². The maximum atomic E-state index is 10.3. The van der Waals surface area contributed by atoms with Gasteiger partial charge in [-0.2, -0.15) is 5.10 Å². The molecule has 3 N–H and O–H groups in total. The summed E-state index contributed by atoms with van der Waals surface area (Å²) in [6.45, 7) is 0.436. The van der Waals surface area contributed by atoms with Gasteiger partial charge in [0.15, 0.2) is 0 Å². The standard InChI is InChI=1S/C10H13N3O2/c14-6-5-12-13-7-9-3-1-2-4-10(9)11-8-15/h1-4,7-8,12,14H,5-6H2,(H,11,15)/b13-7+. The summed E-state index contributed by atoms with van der Waals surface area (Å²) < 4.78 is 0. The first-order valence-corrected chi connectivity index (χ1v) is 4.54. The van der Waals surface area contributed by atoms with Crippen LogP contribution in [-0.2, 0) is 4.79 Å². The highest BCUT2D eigenvalue weighted by atomic mass is 16.3. The average molecular weight is 207 g/mol. The summed E-state index contributed by atoms with van der Waals surface area (Å²) in [5.74, 6) is 0. The molecule has 0 aliphatic rings. The van der Waals surface area contributed by atoms with Crippen LogP contribution in [0.1, 0.15) is 5.56 Å². The van der Waals surface area contributed by atoms with Crippen molar-refractivity contribution in [3.8, 4) is 0 Å². The summed E-state index contributed by atoms with van der Waals surface area (Å²) in [4.78, 5) is 10.3. The first-order chi connectivity index (χ1) is 7.38. The van der Waals surface area contributed by atoms with Gasteiger partial charge in [-0.05, 0) is 6.07 Å². The Kier molecular flexibility index (Phi) is 4.89. The summed E-state index contributed by atoms with van der Waals surface area (Å²) in [5, 5.41) is 15.0. The van der Waals surface area contributed by atoms with E-state index < -0.39 is 0 Å². The quantitative estimate of drug-likeness (QED) is 0.269. The highest BCUT2D eigenvalue weighted by molar-refractivity contribution is 5.90. The van der Waals surface area contributed by atoms with Crippen molar-refractivity contribution in [2.24, 2.45) is 5.10 Å². The minimum absolute atomic E-state index is 0.0333. The topological polar surface area (TPSA) is 73.7 Å². The summed E-state index contributed by atoms with van der Waals surface area (Å²) >= 11 is 0. The van der Waals surface area contributed by atoms with E-state index in [0.717, 1.165) is 5.56 Å². The third-order valence-electron chi connectivity index (χ3n) is 1.69. The molecule has 0 radical (unpaired) electrons. The van der Waals surface area contributed by atoms with E-state index in [0.29, 0.717) is 18.6 Å². The van der Waals surface area contributed by atoms with E-state index in [2.05, 4.69) is 15.8 Å². The predicted molar refractivity (Wildman–Crippen MR) is 58.8 cm³/mol. The fourth-order valence-corrected chi connectivity index (χ4v) is 1.03. The number of carbonyl (C=O) groups excluding carboxylic acids is 1. The van der Waals surface area contributed by atoms with E-state index in [1.165, 1.54) is 0 Å². The van der Waals surface area contributed by atoms with E-state index >= 15 is 0 Å². The third-order valence-corrected chi connectivity index (χ3v) is 1.69. The molecule has 1 aromatic rings. The molecule has 0 saturated carbocycles. The number of carbonyl (C=O) groups is 1. The van der Waals surface area contributed by atoms with E-state index in [1.54, 1.807) is 12.3 Å². The highest BCUT2D eigenvalue weighted by Crippen LogP contribution is 2.11. The molecule has 15 heavy (non-hydrogen) atoms. The molecule has 0 heterocycles. The number of aliphatic hydroxyl groups excluding tert-OH is 1. The average Bonchev–Trinajstić information content (AvgIpc) is 2.27. The number of nitrogens with one attached hydrogen (secondary N) is 2. The second-order valence-electron chi connectivity index (χ2n) is 2.74. The molecule has 0 fully saturated rings. The Bertz CT molecular complexity index is 339. The molecule has 1 amide bonds. The Morgan fingerprint density at radius 3 is 2.93 bits per heavy atom. The molecule has 1 aromatic carbocycles. The van der Waals surface area contributed by atoms with Crippen LogP contribution >= 0.6 is 0 Å². The summed E-state index contributed by atoms with van der Waals surface area (Å²) in [6, 6.07) is 7.28. The molecular formula is C10H13N3O2. The minimum atomic E-state index is 0.0333. The largest absolute Gasteiger partial charge is 0.394 e. The predicted octanol–water partition coefficient (Wildman–Crippen LogP) is 0.171. The number of hydrogen-bond acceptors (Lipinski definition) is 4. The van der Waals surface area contributed by atoms with Crippen LogP contribution in [0.5, 0.6) is 0 Å². The molecule has 0 aromatic heterocycles. The number of benzene rings is 1.